The van der Waals surface area contributed by atoms with E-state index in [2.05, 4.69) is 14.9 Å². The Balaban J connectivity index is 1.48. The quantitative estimate of drug-likeness (QED) is 0.438. The van der Waals surface area contributed by atoms with Crippen LogP contribution in [0.2, 0.25) is 0 Å². The smallest absolute Gasteiger partial charge is 0.160 e. The summed E-state index contributed by atoms with van der Waals surface area (Å²) >= 11 is 0. The molecule has 1 saturated heterocycles. The van der Waals surface area contributed by atoms with Crippen LogP contribution in [0.3, 0.4) is 0 Å². The Morgan fingerprint density at radius 1 is 0.844 bits per heavy atom. The molecular weight excluding hydrogens is 404 g/mol. The lowest BCUT2D eigenvalue weighted by Crippen LogP contribution is -2.37. The summed E-state index contributed by atoms with van der Waals surface area (Å²) < 4.78 is 9.22. The molecule has 5 aromatic rings. The van der Waals surface area contributed by atoms with Gasteiger partial charge in [-0.25, -0.2) is 9.67 Å². The average Bonchev–Trinajstić information content (AvgIpc) is 3.53. The second-order valence-corrected chi connectivity index (χ2v) is 7.47. The summed E-state index contributed by atoms with van der Waals surface area (Å²) in [6, 6.07) is 16.1. The van der Waals surface area contributed by atoms with E-state index in [1.807, 2.05) is 59.2 Å². The van der Waals surface area contributed by atoms with Crippen molar-refractivity contribution in [2.24, 2.45) is 0 Å². The van der Waals surface area contributed by atoms with Crippen molar-refractivity contribution in [1.29, 1.82) is 0 Å². The Morgan fingerprint density at radius 3 is 2.53 bits per heavy atom. The van der Waals surface area contributed by atoms with Crippen molar-refractivity contribution in [2.45, 2.75) is 0 Å². The first kappa shape index (κ1) is 18.6. The van der Waals surface area contributed by atoms with E-state index >= 15 is 0 Å². The molecule has 1 aromatic carbocycles. The first-order chi connectivity index (χ1) is 15.8. The zero-order valence-electron chi connectivity index (χ0n) is 17.2. The molecule has 0 bridgehead atoms. The van der Waals surface area contributed by atoms with Gasteiger partial charge in [0, 0.05) is 49.4 Å². The molecule has 5 heterocycles. The van der Waals surface area contributed by atoms with Gasteiger partial charge in [0.25, 0.3) is 0 Å². The molecule has 0 N–H and O–H groups in total. The highest BCUT2D eigenvalue weighted by Gasteiger charge is 2.19. The lowest BCUT2D eigenvalue weighted by Gasteiger charge is -2.29. The van der Waals surface area contributed by atoms with E-state index in [4.69, 9.17) is 19.9 Å². The number of rotatable bonds is 4. The number of benzene rings is 1. The van der Waals surface area contributed by atoms with Crippen LogP contribution in [0.4, 0.5) is 5.82 Å². The Morgan fingerprint density at radius 2 is 1.72 bits per heavy atom. The first-order valence-corrected chi connectivity index (χ1v) is 10.5. The lowest BCUT2D eigenvalue weighted by molar-refractivity contribution is 0.122. The van der Waals surface area contributed by atoms with Gasteiger partial charge in [-0.05, 0) is 6.07 Å². The molecule has 0 unspecified atom stereocenters. The van der Waals surface area contributed by atoms with Crippen LogP contribution >= 0.6 is 0 Å². The van der Waals surface area contributed by atoms with Gasteiger partial charge >= 0.3 is 0 Å². The molecule has 0 radical (unpaired) electrons. The predicted octanol–water partition coefficient (Wildman–Crippen LogP) is 2.88. The first-order valence-electron chi connectivity index (χ1n) is 10.5. The van der Waals surface area contributed by atoms with Gasteiger partial charge in [-0.15, -0.1) is 0 Å². The van der Waals surface area contributed by atoms with Crippen molar-refractivity contribution >= 4 is 11.5 Å². The van der Waals surface area contributed by atoms with Crippen LogP contribution in [-0.2, 0) is 4.74 Å². The number of fused-ring (bicyclic) bond motifs is 1. The second-order valence-electron chi connectivity index (χ2n) is 7.47. The second kappa shape index (κ2) is 7.86. The maximum atomic E-state index is 5.55. The third-order valence-corrected chi connectivity index (χ3v) is 5.45. The summed E-state index contributed by atoms with van der Waals surface area (Å²) in [5.41, 5.74) is 4.12. The minimum absolute atomic E-state index is 0.678. The number of morpholine rings is 1. The molecule has 0 spiro atoms. The predicted molar refractivity (Wildman–Crippen MR) is 120 cm³/mol. The standard InChI is InChI=1S/C23H20N8O/c1-2-4-17(5-3-1)18-6-9-30(27-18)21-15-23(29-10-12-32-13-11-29)31-22(26-21)14-19(28-31)20-16-24-7-8-25-20/h1-9,14-16H,10-13H2. The molecule has 1 aliphatic rings. The van der Waals surface area contributed by atoms with Gasteiger partial charge in [-0.2, -0.15) is 14.7 Å². The molecule has 9 nitrogen and oxygen atoms in total. The van der Waals surface area contributed by atoms with Gasteiger partial charge in [0.2, 0.25) is 0 Å². The van der Waals surface area contributed by atoms with Gasteiger partial charge in [0.15, 0.2) is 11.5 Å². The van der Waals surface area contributed by atoms with Crippen molar-refractivity contribution < 1.29 is 4.74 Å². The Kier molecular flexibility index (Phi) is 4.58. The number of hydrogen-bond donors (Lipinski definition) is 0. The summed E-state index contributed by atoms with van der Waals surface area (Å²) in [7, 11) is 0. The molecule has 0 aliphatic carbocycles. The molecule has 158 valence electrons. The van der Waals surface area contributed by atoms with E-state index in [1.165, 1.54) is 0 Å². The molecule has 32 heavy (non-hydrogen) atoms. The van der Waals surface area contributed by atoms with Crippen LogP contribution in [-0.4, -0.2) is 60.6 Å². The zero-order valence-corrected chi connectivity index (χ0v) is 17.2. The van der Waals surface area contributed by atoms with Crippen LogP contribution in [0.15, 0.2) is 73.3 Å². The van der Waals surface area contributed by atoms with Gasteiger partial charge in [-0.3, -0.25) is 9.97 Å². The normalized spacial score (nSPS) is 14.2. The number of ether oxygens (including phenoxy) is 1. The minimum Gasteiger partial charge on any atom is -0.378 e. The highest BCUT2D eigenvalue weighted by atomic mass is 16.5. The number of aromatic nitrogens is 7. The largest absolute Gasteiger partial charge is 0.378 e. The van der Waals surface area contributed by atoms with Gasteiger partial charge in [0.05, 0.1) is 25.1 Å². The third kappa shape index (κ3) is 3.38. The van der Waals surface area contributed by atoms with Crippen LogP contribution in [0, 0.1) is 0 Å². The highest BCUT2D eigenvalue weighted by Crippen LogP contribution is 2.25. The van der Waals surface area contributed by atoms with Crippen molar-refractivity contribution in [1.82, 2.24) is 34.3 Å². The molecule has 0 amide bonds. The van der Waals surface area contributed by atoms with Crippen molar-refractivity contribution in [2.75, 3.05) is 31.2 Å². The zero-order chi connectivity index (χ0) is 21.3. The van der Waals surface area contributed by atoms with Crippen LogP contribution in [0.5, 0.6) is 0 Å². The van der Waals surface area contributed by atoms with E-state index < -0.39 is 0 Å². The number of anilines is 1. The molecular formula is C23H20N8O. The summed E-state index contributed by atoms with van der Waals surface area (Å²) in [4.78, 5) is 15.7. The lowest BCUT2D eigenvalue weighted by atomic mass is 10.2. The Hall–Kier alpha value is -4.11. The molecule has 1 aliphatic heterocycles. The minimum atomic E-state index is 0.678. The van der Waals surface area contributed by atoms with Gasteiger partial charge in [0.1, 0.15) is 17.2 Å². The Bertz CT molecular complexity index is 1360. The van der Waals surface area contributed by atoms with E-state index in [1.54, 1.807) is 23.3 Å². The van der Waals surface area contributed by atoms with E-state index in [9.17, 15) is 0 Å². The summed E-state index contributed by atoms with van der Waals surface area (Å²) in [6.45, 7) is 2.93. The third-order valence-electron chi connectivity index (χ3n) is 5.45. The maximum Gasteiger partial charge on any atom is 0.160 e. The Labute approximate surface area is 184 Å². The fraction of sp³-hybridized carbons (Fsp3) is 0.174. The fourth-order valence-electron chi connectivity index (χ4n) is 3.85. The maximum absolute atomic E-state index is 5.55. The number of nitrogens with zero attached hydrogens (tertiary/aromatic N) is 8. The summed E-state index contributed by atoms with van der Waals surface area (Å²) in [5.74, 6) is 1.67. The molecule has 4 aromatic heterocycles. The van der Waals surface area contributed by atoms with Crippen molar-refractivity contribution in [3.8, 4) is 28.5 Å². The van der Waals surface area contributed by atoms with Crippen molar-refractivity contribution in [3.05, 3.63) is 73.3 Å². The molecule has 0 atom stereocenters. The monoisotopic (exact) mass is 424 g/mol. The SMILES string of the molecule is c1ccc(-c2ccn(-c3cc(N4CCOCC4)n4nc(-c5cnccn5)cc4n3)n2)cc1. The molecule has 0 saturated carbocycles. The van der Waals surface area contributed by atoms with Crippen LogP contribution < -0.4 is 4.90 Å². The molecule has 1 fully saturated rings. The average molecular weight is 424 g/mol. The highest BCUT2D eigenvalue weighted by molar-refractivity contribution is 5.64. The van der Waals surface area contributed by atoms with Crippen molar-refractivity contribution in [3.63, 3.8) is 0 Å². The topological polar surface area (TPSA) is 86.3 Å². The van der Waals surface area contributed by atoms with Gasteiger partial charge < -0.3 is 9.64 Å². The van der Waals surface area contributed by atoms with Crippen LogP contribution in [0.1, 0.15) is 0 Å². The number of hydrogen-bond acceptors (Lipinski definition) is 7. The summed E-state index contributed by atoms with van der Waals surface area (Å²) in [5, 5.41) is 9.55. The van der Waals surface area contributed by atoms with Crippen LogP contribution in [0.25, 0.3) is 34.1 Å². The molecule has 9 heteroatoms. The van der Waals surface area contributed by atoms with Gasteiger partial charge in [-0.1, -0.05) is 30.3 Å². The van der Waals surface area contributed by atoms with E-state index in [0.29, 0.717) is 18.9 Å². The summed E-state index contributed by atoms with van der Waals surface area (Å²) in [6.07, 6.45) is 6.95. The van der Waals surface area contributed by atoms with E-state index in [-0.39, 0.29) is 0 Å². The molecule has 6 rings (SSSR count). The van der Waals surface area contributed by atoms with E-state index in [0.717, 1.165) is 47.3 Å². The fourth-order valence-corrected chi connectivity index (χ4v) is 3.85.